The van der Waals surface area contributed by atoms with Crippen molar-refractivity contribution in [3.05, 3.63) is 36.4 Å². The number of nitrogens with one attached hydrogen (secondary N) is 1. The zero-order valence-electron chi connectivity index (χ0n) is 17.3. The van der Waals surface area contributed by atoms with Gasteiger partial charge in [-0.2, -0.15) is 5.10 Å². The average molecular weight is 432 g/mol. The Bertz CT molecular complexity index is 968. The van der Waals surface area contributed by atoms with E-state index in [1.807, 2.05) is 23.2 Å². The third-order valence-electron chi connectivity index (χ3n) is 6.34. The fraction of sp³-hybridized carbons (Fsp3) is 0.571. The third-order valence-corrected chi connectivity index (χ3v) is 8.22. The molecule has 9 heteroatoms. The smallest absolute Gasteiger partial charge is 0.226 e. The number of aromatic nitrogens is 3. The molecule has 4 heterocycles. The maximum Gasteiger partial charge on any atom is 0.226 e. The molecule has 8 nitrogen and oxygen atoms in total. The summed E-state index contributed by atoms with van der Waals surface area (Å²) in [5.74, 6) is 0.127. The fourth-order valence-electron chi connectivity index (χ4n) is 4.61. The first-order chi connectivity index (χ1) is 14.5. The number of hydrogen-bond donors (Lipinski definition) is 1. The van der Waals surface area contributed by atoms with Gasteiger partial charge in [0.2, 0.25) is 15.9 Å². The van der Waals surface area contributed by atoms with E-state index in [-0.39, 0.29) is 23.6 Å². The Morgan fingerprint density at radius 1 is 1.13 bits per heavy atom. The summed E-state index contributed by atoms with van der Waals surface area (Å²) < 4.78 is 25.8. The van der Waals surface area contributed by atoms with Crippen LogP contribution in [0.25, 0.3) is 11.1 Å². The van der Waals surface area contributed by atoms with Gasteiger partial charge in [0.1, 0.15) is 0 Å². The molecule has 0 spiro atoms. The number of H-pyrrole nitrogens is 1. The molecule has 0 saturated carbocycles. The lowest BCUT2D eigenvalue weighted by Gasteiger charge is -2.39. The van der Waals surface area contributed by atoms with E-state index < -0.39 is 10.0 Å². The number of nitrogens with zero attached hydrogens (tertiary/aromatic N) is 4. The van der Waals surface area contributed by atoms with Crippen molar-refractivity contribution in [1.29, 1.82) is 0 Å². The van der Waals surface area contributed by atoms with Gasteiger partial charge in [0.25, 0.3) is 0 Å². The number of likely N-dealkylation sites (tertiary alicyclic amines) is 1. The van der Waals surface area contributed by atoms with Crippen molar-refractivity contribution < 1.29 is 13.2 Å². The molecule has 2 aromatic rings. The second-order valence-corrected chi connectivity index (χ2v) is 10.3. The normalized spacial score (nSPS) is 21.6. The Hall–Kier alpha value is -2.26. The summed E-state index contributed by atoms with van der Waals surface area (Å²) in [6.45, 7) is 3.25. The van der Waals surface area contributed by atoms with Crippen molar-refractivity contribution >= 4 is 15.9 Å². The van der Waals surface area contributed by atoms with Gasteiger partial charge in [-0.25, -0.2) is 12.7 Å². The molecule has 0 aliphatic carbocycles. The SMILES string of the molecule is CCS(=O)(=O)N1CCC(C(=O)N2CCCC[C@H]2c2[nH]ncc2-c2ccncc2)CC1. The Balaban J connectivity index is 1.52. The van der Waals surface area contributed by atoms with Gasteiger partial charge in [0, 0.05) is 43.5 Å². The highest BCUT2D eigenvalue weighted by atomic mass is 32.2. The summed E-state index contributed by atoms with van der Waals surface area (Å²) >= 11 is 0. The number of hydrogen-bond acceptors (Lipinski definition) is 5. The molecule has 2 aromatic heterocycles. The van der Waals surface area contributed by atoms with Crippen molar-refractivity contribution in [2.24, 2.45) is 5.92 Å². The minimum atomic E-state index is -3.19. The van der Waals surface area contributed by atoms with Gasteiger partial charge in [-0.3, -0.25) is 14.9 Å². The molecule has 0 bridgehead atoms. The molecule has 4 rings (SSSR count). The van der Waals surface area contributed by atoms with Gasteiger partial charge in [-0.1, -0.05) is 0 Å². The monoisotopic (exact) mass is 431 g/mol. The minimum Gasteiger partial charge on any atom is -0.334 e. The van der Waals surface area contributed by atoms with E-state index >= 15 is 0 Å². The van der Waals surface area contributed by atoms with Crippen molar-refractivity contribution in [3.8, 4) is 11.1 Å². The van der Waals surface area contributed by atoms with Crippen LogP contribution in [0.5, 0.6) is 0 Å². The number of aromatic amines is 1. The zero-order chi connectivity index (χ0) is 21.1. The Kier molecular flexibility index (Phi) is 6.19. The van der Waals surface area contributed by atoms with Crippen LogP contribution in [0.15, 0.2) is 30.7 Å². The molecule has 0 radical (unpaired) electrons. The molecule has 1 N–H and O–H groups in total. The number of carbonyl (C=O) groups is 1. The molecule has 0 aromatic carbocycles. The van der Waals surface area contributed by atoms with Crippen molar-refractivity contribution in [1.82, 2.24) is 24.4 Å². The molecule has 162 valence electrons. The zero-order valence-corrected chi connectivity index (χ0v) is 18.1. The lowest BCUT2D eigenvalue weighted by Crippen LogP contribution is -2.47. The first-order valence-corrected chi connectivity index (χ1v) is 12.3. The summed E-state index contributed by atoms with van der Waals surface area (Å²) in [5, 5.41) is 7.41. The maximum atomic E-state index is 13.4. The maximum absolute atomic E-state index is 13.4. The van der Waals surface area contributed by atoms with Crippen LogP contribution in [0.4, 0.5) is 0 Å². The van der Waals surface area contributed by atoms with E-state index in [4.69, 9.17) is 0 Å². The van der Waals surface area contributed by atoms with Crippen LogP contribution < -0.4 is 0 Å². The van der Waals surface area contributed by atoms with E-state index in [1.165, 1.54) is 4.31 Å². The third kappa shape index (κ3) is 4.13. The number of sulfonamides is 1. The first-order valence-electron chi connectivity index (χ1n) is 10.7. The molecular formula is C21H29N5O3S. The standard InChI is InChI=1S/C21H29N5O3S/c1-2-30(28,29)25-13-8-17(9-14-25)21(27)26-12-4-3-5-19(26)20-18(15-23-24-20)16-6-10-22-11-7-16/h6-7,10-11,15,17,19H,2-5,8-9,12-14H2,1H3,(H,23,24)/t19-/m0/s1. The van der Waals surface area contributed by atoms with Gasteiger partial charge in [-0.05, 0) is 56.7 Å². The van der Waals surface area contributed by atoms with E-state index in [0.717, 1.165) is 42.6 Å². The lowest BCUT2D eigenvalue weighted by molar-refractivity contribution is -0.140. The van der Waals surface area contributed by atoms with Crippen LogP contribution in [0, 0.1) is 5.92 Å². The summed E-state index contributed by atoms with van der Waals surface area (Å²) in [6.07, 6.45) is 9.45. The summed E-state index contributed by atoms with van der Waals surface area (Å²) in [4.78, 5) is 19.5. The van der Waals surface area contributed by atoms with Gasteiger partial charge in [0.15, 0.2) is 0 Å². The predicted molar refractivity (Wildman–Crippen MR) is 114 cm³/mol. The molecule has 2 fully saturated rings. The van der Waals surface area contributed by atoms with Crippen molar-refractivity contribution in [3.63, 3.8) is 0 Å². The summed E-state index contributed by atoms with van der Waals surface area (Å²) in [6, 6.07) is 3.87. The highest BCUT2D eigenvalue weighted by Gasteiger charge is 2.37. The molecule has 2 saturated heterocycles. The second kappa shape index (κ2) is 8.85. The second-order valence-electron chi connectivity index (χ2n) is 8.05. The van der Waals surface area contributed by atoms with Gasteiger partial charge in [-0.15, -0.1) is 0 Å². The minimum absolute atomic E-state index is 0.0330. The molecule has 2 aliphatic heterocycles. The number of pyridine rings is 1. The average Bonchev–Trinajstić information content (AvgIpc) is 3.29. The van der Waals surface area contributed by atoms with Crippen LogP contribution in [0.3, 0.4) is 0 Å². The van der Waals surface area contributed by atoms with E-state index in [9.17, 15) is 13.2 Å². The van der Waals surface area contributed by atoms with Crippen LogP contribution in [-0.4, -0.2) is 64.1 Å². The van der Waals surface area contributed by atoms with Crippen LogP contribution >= 0.6 is 0 Å². The van der Waals surface area contributed by atoms with E-state index in [2.05, 4.69) is 15.2 Å². The molecule has 30 heavy (non-hydrogen) atoms. The van der Waals surface area contributed by atoms with Crippen molar-refractivity contribution in [2.45, 2.75) is 45.1 Å². The molecule has 0 unspecified atom stereocenters. The van der Waals surface area contributed by atoms with E-state index in [0.29, 0.717) is 25.9 Å². The molecule has 1 atom stereocenters. The van der Waals surface area contributed by atoms with Crippen LogP contribution in [0.2, 0.25) is 0 Å². The van der Waals surface area contributed by atoms with Gasteiger partial charge < -0.3 is 4.90 Å². The Labute approximate surface area is 177 Å². The number of carbonyl (C=O) groups excluding carboxylic acids is 1. The quantitative estimate of drug-likeness (QED) is 0.784. The predicted octanol–water partition coefficient (Wildman–Crippen LogP) is 2.59. The van der Waals surface area contributed by atoms with E-state index in [1.54, 1.807) is 19.3 Å². The summed E-state index contributed by atoms with van der Waals surface area (Å²) in [7, 11) is -3.19. The first kappa shape index (κ1) is 21.0. The molecule has 1 amide bonds. The topological polar surface area (TPSA) is 99.3 Å². The van der Waals surface area contributed by atoms with Gasteiger partial charge in [0.05, 0.1) is 23.7 Å². The molecule has 2 aliphatic rings. The molecular weight excluding hydrogens is 402 g/mol. The number of amides is 1. The largest absolute Gasteiger partial charge is 0.334 e. The van der Waals surface area contributed by atoms with Crippen molar-refractivity contribution in [2.75, 3.05) is 25.4 Å². The Morgan fingerprint density at radius 3 is 2.57 bits per heavy atom. The summed E-state index contributed by atoms with van der Waals surface area (Å²) in [5.41, 5.74) is 3.01. The van der Waals surface area contributed by atoms with Gasteiger partial charge >= 0.3 is 0 Å². The van der Waals surface area contributed by atoms with Crippen LogP contribution in [0.1, 0.15) is 50.8 Å². The Morgan fingerprint density at radius 2 is 1.87 bits per heavy atom. The highest BCUT2D eigenvalue weighted by molar-refractivity contribution is 7.89. The number of piperidine rings is 2. The fourth-order valence-corrected chi connectivity index (χ4v) is 5.74. The number of rotatable bonds is 5. The highest BCUT2D eigenvalue weighted by Crippen LogP contribution is 2.37. The van der Waals surface area contributed by atoms with Crippen LogP contribution in [-0.2, 0) is 14.8 Å². The lowest BCUT2D eigenvalue weighted by atomic mass is 9.91.